The van der Waals surface area contributed by atoms with Crippen molar-refractivity contribution < 1.29 is 9.90 Å². The second-order valence-corrected chi connectivity index (χ2v) is 5.67. The first-order valence-electron chi connectivity index (χ1n) is 7.81. The fourth-order valence-corrected chi connectivity index (χ4v) is 2.30. The summed E-state index contributed by atoms with van der Waals surface area (Å²) in [6, 6.07) is 6.71. The number of aliphatic hydroxyl groups is 1. The Morgan fingerprint density at radius 1 is 1.14 bits per heavy atom. The maximum Gasteiger partial charge on any atom is 0.209 e. The number of nitrogens with zero attached hydrogens (tertiary/aromatic N) is 1. The molecule has 1 unspecified atom stereocenters. The smallest absolute Gasteiger partial charge is 0.209 e. The van der Waals surface area contributed by atoms with Crippen LogP contribution < -0.4 is 5.73 Å². The van der Waals surface area contributed by atoms with E-state index in [1.54, 1.807) is 31.2 Å². The van der Waals surface area contributed by atoms with Crippen molar-refractivity contribution in [3.05, 3.63) is 29.8 Å². The first-order valence-corrected chi connectivity index (χ1v) is 7.81. The van der Waals surface area contributed by atoms with E-state index in [0.29, 0.717) is 11.3 Å². The van der Waals surface area contributed by atoms with Crippen LogP contribution in [0.2, 0.25) is 0 Å². The molecule has 0 aliphatic rings. The molecule has 0 spiro atoms. The van der Waals surface area contributed by atoms with Crippen molar-refractivity contribution in [1.29, 1.82) is 0 Å². The zero-order valence-corrected chi connectivity index (χ0v) is 13.4. The molecule has 0 amide bonds. The summed E-state index contributed by atoms with van der Waals surface area (Å²) in [5.41, 5.74) is 5.28. The zero-order chi connectivity index (χ0) is 15.9. The van der Waals surface area contributed by atoms with Crippen molar-refractivity contribution >= 4 is 11.5 Å². The summed E-state index contributed by atoms with van der Waals surface area (Å²) >= 11 is 0. The minimum Gasteiger partial charge on any atom is -0.399 e. The summed E-state index contributed by atoms with van der Waals surface area (Å²) in [6.07, 6.45) is 4.01. The van der Waals surface area contributed by atoms with E-state index < -0.39 is 5.72 Å². The fourth-order valence-electron chi connectivity index (χ4n) is 2.30. The van der Waals surface area contributed by atoms with E-state index in [0.717, 1.165) is 38.8 Å². The number of carbonyl (C=O) groups is 1. The number of benzene rings is 1. The lowest BCUT2D eigenvalue weighted by Crippen LogP contribution is -2.53. The van der Waals surface area contributed by atoms with E-state index in [4.69, 9.17) is 5.73 Å². The zero-order valence-electron chi connectivity index (χ0n) is 13.4. The molecule has 4 nitrogen and oxygen atoms in total. The van der Waals surface area contributed by atoms with Crippen molar-refractivity contribution in [2.24, 2.45) is 0 Å². The highest BCUT2D eigenvalue weighted by Gasteiger charge is 2.36. The van der Waals surface area contributed by atoms with Gasteiger partial charge < -0.3 is 10.8 Å². The molecule has 1 aromatic carbocycles. The van der Waals surface area contributed by atoms with E-state index in [-0.39, 0.29) is 5.78 Å². The molecule has 1 aromatic rings. The number of carbonyl (C=O) groups excluding carboxylic acids is 1. The van der Waals surface area contributed by atoms with E-state index in [2.05, 4.69) is 13.8 Å². The van der Waals surface area contributed by atoms with Gasteiger partial charge in [-0.2, -0.15) is 0 Å². The maximum absolute atomic E-state index is 12.6. The second kappa shape index (κ2) is 8.15. The average molecular weight is 292 g/mol. The number of Topliss-reactive ketones (excluding diaryl/α,β-unsaturated/α-hetero) is 1. The van der Waals surface area contributed by atoms with Crippen LogP contribution >= 0.6 is 0 Å². The predicted octanol–water partition coefficient (Wildman–Crippen LogP) is 3.06. The van der Waals surface area contributed by atoms with Gasteiger partial charge in [-0.25, -0.2) is 0 Å². The quantitative estimate of drug-likeness (QED) is 0.417. The van der Waals surface area contributed by atoms with Crippen LogP contribution in [0.1, 0.15) is 56.8 Å². The molecule has 1 atom stereocenters. The Morgan fingerprint density at radius 2 is 1.62 bits per heavy atom. The fraction of sp³-hybridized carbons (Fsp3) is 0.588. The third-order valence-corrected chi connectivity index (χ3v) is 3.78. The van der Waals surface area contributed by atoms with E-state index in [9.17, 15) is 9.90 Å². The molecule has 3 N–H and O–H groups in total. The monoisotopic (exact) mass is 292 g/mol. The number of ketones is 1. The molecule has 0 saturated heterocycles. The third kappa shape index (κ3) is 4.83. The van der Waals surface area contributed by atoms with E-state index in [1.807, 2.05) is 4.90 Å². The lowest BCUT2D eigenvalue weighted by atomic mass is 9.99. The molecule has 0 radical (unpaired) electrons. The lowest BCUT2D eigenvalue weighted by molar-refractivity contribution is -0.0647. The van der Waals surface area contributed by atoms with Gasteiger partial charge in [0.1, 0.15) is 0 Å². The van der Waals surface area contributed by atoms with Crippen LogP contribution in [0.3, 0.4) is 0 Å². The Kier molecular flexibility index (Phi) is 6.85. The van der Waals surface area contributed by atoms with Crippen LogP contribution in [-0.2, 0) is 0 Å². The Morgan fingerprint density at radius 3 is 2.05 bits per heavy atom. The van der Waals surface area contributed by atoms with Crippen LogP contribution in [0.25, 0.3) is 0 Å². The van der Waals surface area contributed by atoms with Crippen molar-refractivity contribution in [2.45, 2.75) is 52.2 Å². The first kappa shape index (κ1) is 17.7. The molecule has 0 saturated carbocycles. The molecule has 4 heteroatoms. The number of anilines is 1. The highest BCUT2D eigenvalue weighted by molar-refractivity contribution is 6.01. The molecule has 0 aromatic heterocycles. The lowest BCUT2D eigenvalue weighted by Gasteiger charge is -2.36. The molecule has 21 heavy (non-hydrogen) atoms. The molecule has 118 valence electrons. The van der Waals surface area contributed by atoms with Crippen LogP contribution in [0.15, 0.2) is 24.3 Å². The van der Waals surface area contributed by atoms with Crippen molar-refractivity contribution in [3.63, 3.8) is 0 Å². The molecule has 0 bridgehead atoms. The van der Waals surface area contributed by atoms with Gasteiger partial charge in [0.2, 0.25) is 5.78 Å². The maximum atomic E-state index is 12.6. The van der Waals surface area contributed by atoms with Crippen LogP contribution in [-0.4, -0.2) is 34.6 Å². The first-order chi connectivity index (χ1) is 9.93. The molecule has 1 rings (SSSR count). The SMILES string of the molecule is CCCCN(CCCC)C(C)(O)C(=O)c1ccc(N)cc1. The normalized spacial score (nSPS) is 14.1. The van der Waals surface area contributed by atoms with Crippen molar-refractivity contribution in [1.82, 2.24) is 4.90 Å². The molecular formula is C17H28N2O2. The summed E-state index contributed by atoms with van der Waals surface area (Å²) in [5.74, 6) is -0.269. The van der Waals surface area contributed by atoms with Crippen LogP contribution in [0.5, 0.6) is 0 Å². The Bertz CT molecular complexity index is 433. The minimum atomic E-state index is -1.47. The summed E-state index contributed by atoms with van der Waals surface area (Å²) in [5, 5.41) is 10.8. The summed E-state index contributed by atoms with van der Waals surface area (Å²) in [7, 11) is 0. The Labute approximate surface area is 128 Å². The third-order valence-electron chi connectivity index (χ3n) is 3.78. The average Bonchev–Trinajstić information content (AvgIpc) is 2.47. The largest absolute Gasteiger partial charge is 0.399 e. The van der Waals surface area contributed by atoms with Gasteiger partial charge in [0.15, 0.2) is 5.72 Å². The van der Waals surface area contributed by atoms with Gasteiger partial charge in [-0.1, -0.05) is 26.7 Å². The number of hydrogen-bond donors (Lipinski definition) is 2. The van der Waals surface area contributed by atoms with Gasteiger partial charge in [-0.3, -0.25) is 9.69 Å². The number of nitrogen functional groups attached to an aromatic ring is 1. The molecule has 0 fully saturated rings. The summed E-state index contributed by atoms with van der Waals surface area (Å²) < 4.78 is 0. The van der Waals surface area contributed by atoms with E-state index in [1.165, 1.54) is 0 Å². The topological polar surface area (TPSA) is 66.6 Å². The van der Waals surface area contributed by atoms with Gasteiger partial charge in [0.05, 0.1) is 0 Å². The Hall–Kier alpha value is -1.39. The molecule has 0 heterocycles. The highest BCUT2D eigenvalue weighted by atomic mass is 16.3. The summed E-state index contributed by atoms with van der Waals surface area (Å²) in [6.45, 7) is 7.26. The highest BCUT2D eigenvalue weighted by Crippen LogP contribution is 2.20. The minimum absolute atomic E-state index is 0.269. The number of nitrogens with two attached hydrogens (primary N) is 1. The van der Waals surface area contributed by atoms with Gasteiger partial charge in [0, 0.05) is 24.3 Å². The van der Waals surface area contributed by atoms with Gasteiger partial charge >= 0.3 is 0 Å². The number of unbranched alkanes of at least 4 members (excludes halogenated alkanes) is 2. The van der Waals surface area contributed by atoms with Crippen LogP contribution in [0, 0.1) is 0 Å². The van der Waals surface area contributed by atoms with Gasteiger partial charge in [-0.15, -0.1) is 0 Å². The number of hydrogen-bond acceptors (Lipinski definition) is 4. The molecule has 0 aliphatic heterocycles. The number of rotatable bonds is 9. The second-order valence-electron chi connectivity index (χ2n) is 5.67. The Balaban J connectivity index is 2.91. The summed E-state index contributed by atoms with van der Waals surface area (Å²) in [4.78, 5) is 14.5. The van der Waals surface area contributed by atoms with Crippen LogP contribution in [0.4, 0.5) is 5.69 Å². The van der Waals surface area contributed by atoms with Crippen molar-refractivity contribution in [2.75, 3.05) is 18.8 Å². The van der Waals surface area contributed by atoms with E-state index >= 15 is 0 Å². The van der Waals surface area contributed by atoms with Gasteiger partial charge in [0.25, 0.3) is 0 Å². The predicted molar refractivity (Wildman–Crippen MR) is 87.2 cm³/mol. The van der Waals surface area contributed by atoms with Gasteiger partial charge in [-0.05, 0) is 44.0 Å². The molecular weight excluding hydrogens is 264 g/mol. The molecule has 0 aliphatic carbocycles. The van der Waals surface area contributed by atoms with Crippen molar-refractivity contribution in [3.8, 4) is 0 Å². The standard InChI is InChI=1S/C17H28N2O2/c1-4-6-12-19(13-7-5-2)17(3,21)16(20)14-8-10-15(18)11-9-14/h8-11,21H,4-7,12-13,18H2,1-3H3.